The third kappa shape index (κ3) is 4.95. The van der Waals surface area contributed by atoms with Gasteiger partial charge in [0.25, 0.3) is 0 Å². The molecule has 2 fully saturated rings. The number of benzene rings is 2. The predicted molar refractivity (Wildman–Crippen MR) is 110 cm³/mol. The van der Waals surface area contributed by atoms with Crippen LogP contribution in [0.3, 0.4) is 0 Å². The molecule has 1 N–H and O–H groups in total. The van der Waals surface area contributed by atoms with Crippen LogP contribution in [0.15, 0.2) is 65.6 Å². The van der Waals surface area contributed by atoms with Crippen LogP contribution in [0.2, 0.25) is 0 Å². The lowest BCUT2D eigenvalue weighted by Crippen LogP contribution is -2.60. The Morgan fingerprint density at radius 1 is 1.10 bits per heavy atom. The Bertz CT molecular complexity index is 864. The van der Waals surface area contributed by atoms with Crippen molar-refractivity contribution in [2.24, 2.45) is 0 Å². The van der Waals surface area contributed by atoms with E-state index in [9.17, 15) is 9.59 Å². The van der Waals surface area contributed by atoms with E-state index in [0.717, 1.165) is 10.5 Å². The average Bonchev–Trinajstić information content (AvgIpc) is 3.14. The SMILES string of the molecule is CC(=O)O[C@@H]1[C@@H]2OC(=O)N[C@H]2[C@H](Sc2ccccc2)O[C@@H]1COCc1ccccc1. The molecule has 8 heteroatoms. The zero-order valence-corrected chi connectivity index (χ0v) is 17.2. The third-order valence-electron chi connectivity index (χ3n) is 4.87. The van der Waals surface area contributed by atoms with E-state index >= 15 is 0 Å². The van der Waals surface area contributed by atoms with E-state index in [1.54, 1.807) is 0 Å². The van der Waals surface area contributed by atoms with Crippen LogP contribution in [0.4, 0.5) is 4.79 Å². The first-order chi connectivity index (χ1) is 14.6. The summed E-state index contributed by atoms with van der Waals surface area (Å²) in [5.74, 6) is -0.465. The zero-order valence-electron chi connectivity index (χ0n) is 16.4. The molecule has 0 spiro atoms. The van der Waals surface area contributed by atoms with E-state index in [2.05, 4.69) is 5.32 Å². The van der Waals surface area contributed by atoms with Crippen molar-refractivity contribution in [1.29, 1.82) is 0 Å². The van der Waals surface area contributed by atoms with Gasteiger partial charge in [0.05, 0.1) is 13.2 Å². The molecule has 158 valence electrons. The molecule has 2 saturated heterocycles. The van der Waals surface area contributed by atoms with Gasteiger partial charge < -0.3 is 24.3 Å². The summed E-state index contributed by atoms with van der Waals surface area (Å²) in [6.45, 7) is 1.92. The lowest BCUT2D eigenvalue weighted by atomic mass is 9.98. The van der Waals surface area contributed by atoms with Crippen LogP contribution in [0.25, 0.3) is 0 Å². The van der Waals surface area contributed by atoms with Gasteiger partial charge in [0, 0.05) is 11.8 Å². The molecule has 0 bridgehead atoms. The molecule has 2 aliphatic rings. The van der Waals surface area contributed by atoms with E-state index < -0.39 is 41.9 Å². The Hall–Kier alpha value is -2.55. The molecule has 4 rings (SSSR count). The average molecular weight is 429 g/mol. The number of alkyl carbamates (subject to hydrolysis) is 1. The molecule has 2 aliphatic heterocycles. The number of fused-ring (bicyclic) bond motifs is 1. The van der Waals surface area contributed by atoms with E-state index in [4.69, 9.17) is 18.9 Å². The van der Waals surface area contributed by atoms with Crippen LogP contribution < -0.4 is 5.32 Å². The number of carbonyl (C=O) groups excluding carboxylic acids is 2. The van der Waals surface area contributed by atoms with Crippen molar-refractivity contribution in [2.45, 2.75) is 48.2 Å². The minimum atomic E-state index is -0.755. The molecule has 30 heavy (non-hydrogen) atoms. The fourth-order valence-electron chi connectivity index (χ4n) is 3.56. The van der Waals surface area contributed by atoms with E-state index in [1.165, 1.54) is 18.7 Å². The van der Waals surface area contributed by atoms with Gasteiger partial charge in [-0.05, 0) is 17.7 Å². The molecule has 2 aromatic rings. The summed E-state index contributed by atoms with van der Waals surface area (Å²) in [6, 6.07) is 19.1. The van der Waals surface area contributed by atoms with Crippen LogP contribution >= 0.6 is 11.8 Å². The topological polar surface area (TPSA) is 83.1 Å². The standard InChI is InChI=1S/C22H23NO6S/c1-14(24)27-19-17(13-26-12-15-8-4-2-5-9-15)28-21(18-20(19)29-22(25)23-18)30-16-10-6-3-7-11-16/h2-11,17-21H,12-13H2,1H3,(H,23,25)/t17-,18-,19+,20-,21+/m1/s1. The lowest BCUT2D eigenvalue weighted by Gasteiger charge is -2.41. The first-order valence-electron chi connectivity index (χ1n) is 9.73. The Balaban J connectivity index is 1.50. The minimum Gasteiger partial charge on any atom is -0.456 e. The van der Waals surface area contributed by atoms with Gasteiger partial charge in [-0.25, -0.2) is 4.79 Å². The van der Waals surface area contributed by atoms with Gasteiger partial charge >= 0.3 is 12.1 Å². The summed E-state index contributed by atoms with van der Waals surface area (Å²) in [5, 5.41) is 2.79. The fraction of sp³-hybridized carbons (Fsp3) is 0.364. The number of esters is 1. The molecule has 0 radical (unpaired) electrons. The van der Waals surface area contributed by atoms with Crippen LogP contribution in [-0.2, 0) is 30.3 Å². The van der Waals surface area contributed by atoms with Crippen LogP contribution in [-0.4, -0.2) is 48.5 Å². The fourth-order valence-corrected chi connectivity index (χ4v) is 4.71. The molecule has 0 aromatic heterocycles. The van der Waals surface area contributed by atoms with Gasteiger partial charge in [0.2, 0.25) is 0 Å². The van der Waals surface area contributed by atoms with Crippen molar-refractivity contribution in [1.82, 2.24) is 5.32 Å². The van der Waals surface area contributed by atoms with Crippen molar-refractivity contribution in [3.63, 3.8) is 0 Å². The zero-order chi connectivity index (χ0) is 20.9. The van der Waals surface area contributed by atoms with E-state index in [1.807, 2.05) is 60.7 Å². The van der Waals surface area contributed by atoms with Crippen molar-refractivity contribution in [3.8, 4) is 0 Å². The normalized spacial score (nSPS) is 27.6. The second-order valence-corrected chi connectivity index (χ2v) is 8.26. The Morgan fingerprint density at radius 2 is 1.80 bits per heavy atom. The van der Waals surface area contributed by atoms with Crippen LogP contribution in [0, 0.1) is 0 Å². The van der Waals surface area contributed by atoms with Gasteiger partial charge in [0.1, 0.15) is 17.6 Å². The minimum absolute atomic E-state index is 0.194. The molecule has 0 saturated carbocycles. The van der Waals surface area contributed by atoms with E-state index in [0.29, 0.717) is 6.61 Å². The molecule has 5 atom stereocenters. The largest absolute Gasteiger partial charge is 0.456 e. The first-order valence-corrected chi connectivity index (χ1v) is 10.6. The second-order valence-electron chi connectivity index (χ2n) is 7.09. The highest BCUT2D eigenvalue weighted by Crippen LogP contribution is 2.37. The molecular formula is C22H23NO6S. The monoisotopic (exact) mass is 429 g/mol. The van der Waals surface area contributed by atoms with Crippen molar-refractivity contribution >= 4 is 23.8 Å². The van der Waals surface area contributed by atoms with Crippen LogP contribution in [0.5, 0.6) is 0 Å². The smallest absolute Gasteiger partial charge is 0.408 e. The highest BCUT2D eigenvalue weighted by atomic mass is 32.2. The summed E-state index contributed by atoms with van der Waals surface area (Å²) < 4.78 is 23.1. The summed E-state index contributed by atoms with van der Waals surface area (Å²) in [7, 11) is 0. The van der Waals surface area contributed by atoms with E-state index in [-0.39, 0.29) is 6.61 Å². The number of carbonyl (C=O) groups is 2. The number of amides is 1. The van der Waals surface area contributed by atoms with Gasteiger partial charge in [-0.1, -0.05) is 60.3 Å². The van der Waals surface area contributed by atoms with Gasteiger partial charge in [-0.15, -0.1) is 0 Å². The molecule has 2 aromatic carbocycles. The molecule has 1 amide bonds. The Kier molecular flexibility index (Phi) is 6.56. The van der Waals surface area contributed by atoms with Crippen molar-refractivity contribution < 1.29 is 28.5 Å². The highest BCUT2D eigenvalue weighted by molar-refractivity contribution is 7.99. The summed E-state index contributed by atoms with van der Waals surface area (Å²) in [6.07, 6.45) is -2.53. The third-order valence-corrected chi connectivity index (χ3v) is 6.05. The summed E-state index contributed by atoms with van der Waals surface area (Å²) in [5.41, 5.74) is 0.611. The van der Waals surface area contributed by atoms with Crippen LogP contribution in [0.1, 0.15) is 12.5 Å². The molecular weight excluding hydrogens is 406 g/mol. The van der Waals surface area contributed by atoms with Gasteiger partial charge in [-0.3, -0.25) is 4.79 Å². The first kappa shape index (κ1) is 20.7. The molecule has 0 unspecified atom stereocenters. The number of rotatable bonds is 7. The van der Waals surface area contributed by atoms with Crippen molar-refractivity contribution in [3.05, 3.63) is 66.2 Å². The number of hydrogen-bond acceptors (Lipinski definition) is 7. The summed E-state index contributed by atoms with van der Waals surface area (Å²) >= 11 is 1.48. The maximum atomic E-state index is 12.0. The van der Waals surface area contributed by atoms with Gasteiger partial charge in [0.15, 0.2) is 12.2 Å². The quantitative estimate of drug-likeness (QED) is 0.677. The highest BCUT2D eigenvalue weighted by Gasteiger charge is 2.54. The Labute approximate surface area is 179 Å². The Morgan fingerprint density at radius 3 is 2.50 bits per heavy atom. The number of thioether (sulfide) groups is 1. The molecule has 2 heterocycles. The maximum absolute atomic E-state index is 12.0. The maximum Gasteiger partial charge on any atom is 0.408 e. The predicted octanol–water partition coefficient (Wildman–Crippen LogP) is 3.13. The molecule has 7 nitrogen and oxygen atoms in total. The van der Waals surface area contributed by atoms with Gasteiger partial charge in [-0.2, -0.15) is 0 Å². The molecule has 0 aliphatic carbocycles. The second kappa shape index (κ2) is 9.51. The number of hydrogen-bond donors (Lipinski definition) is 1. The number of nitrogens with one attached hydrogen (secondary N) is 1. The van der Waals surface area contributed by atoms with Crippen molar-refractivity contribution in [2.75, 3.05) is 6.61 Å². The lowest BCUT2D eigenvalue weighted by molar-refractivity contribution is -0.191. The number of ether oxygens (including phenoxy) is 4. The summed E-state index contributed by atoms with van der Waals surface area (Å²) in [4.78, 5) is 24.7.